The normalized spacial score (nSPS) is 19.4. The lowest BCUT2D eigenvalue weighted by atomic mass is 10.1. The second-order valence-electron chi connectivity index (χ2n) is 8.26. The van der Waals surface area contributed by atoms with Crippen LogP contribution in [0.4, 0.5) is 11.5 Å². The van der Waals surface area contributed by atoms with E-state index in [-0.39, 0.29) is 5.91 Å². The second kappa shape index (κ2) is 9.08. The minimum absolute atomic E-state index is 0.0461. The van der Waals surface area contributed by atoms with Gasteiger partial charge in [0.25, 0.3) is 11.7 Å². The first-order chi connectivity index (χ1) is 16.5. The predicted octanol–water partition coefficient (Wildman–Crippen LogP) is 0.461. The maximum atomic E-state index is 12.7. The fourth-order valence-corrected chi connectivity index (χ4v) is 4.31. The van der Waals surface area contributed by atoms with Crippen LogP contribution in [-0.2, 0) is 4.74 Å². The average molecular weight is 461 g/mol. The third kappa shape index (κ3) is 4.16. The molecule has 0 spiro atoms. The third-order valence-electron chi connectivity index (χ3n) is 6.12. The Labute approximate surface area is 197 Å². The Morgan fingerprint density at radius 3 is 2.74 bits per heavy atom. The molecule has 4 N–H and O–H groups in total. The van der Waals surface area contributed by atoms with Crippen LogP contribution in [0.3, 0.4) is 0 Å². The van der Waals surface area contributed by atoms with Gasteiger partial charge in [0, 0.05) is 36.7 Å². The van der Waals surface area contributed by atoms with Crippen molar-refractivity contribution in [1.82, 2.24) is 9.88 Å². The van der Waals surface area contributed by atoms with Crippen molar-refractivity contribution in [1.29, 1.82) is 0 Å². The van der Waals surface area contributed by atoms with Crippen molar-refractivity contribution in [3.8, 4) is 0 Å². The van der Waals surface area contributed by atoms with Gasteiger partial charge < -0.3 is 20.7 Å². The largest absolute Gasteiger partial charge is 0.378 e. The highest BCUT2D eigenvalue weighted by atomic mass is 16.5. The van der Waals surface area contributed by atoms with Gasteiger partial charge in [0.1, 0.15) is 17.7 Å². The Hall–Kier alpha value is -4.02. The van der Waals surface area contributed by atoms with E-state index in [1.165, 1.54) is 0 Å². The van der Waals surface area contributed by atoms with Crippen LogP contribution < -0.4 is 20.9 Å². The number of quaternary nitrogens is 1. The molecule has 10 heteroatoms. The van der Waals surface area contributed by atoms with Crippen LogP contribution in [0.5, 0.6) is 0 Å². The number of nitrogens with zero attached hydrogens (tertiary/aromatic N) is 4. The van der Waals surface area contributed by atoms with E-state index in [1.807, 2.05) is 31.5 Å². The zero-order valence-corrected chi connectivity index (χ0v) is 18.8. The Morgan fingerprint density at radius 2 is 2.00 bits per heavy atom. The number of hydrogen-bond donors (Lipinski definition) is 3. The van der Waals surface area contributed by atoms with E-state index >= 15 is 0 Å². The Balaban J connectivity index is 1.39. The first-order valence-electron chi connectivity index (χ1n) is 11.1. The Morgan fingerprint density at radius 1 is 1.18 bits per heavy atom. The van der Waals surface area contributed by atoms with E-state index in [0.717, 1.165) is 27.7 Å². The van der Waals surface area contributed by atoms with Gasteiger partial charge in [-0.1, -0.05) is 6.07 Å². The van der Waals surface area contributed by atoms with E-state index < -0.39 is 5.91 Å². The number of nitrogens with one attached hydrogen (secondary N) is 2. The number of nitrogens with two attached hydrogens (primary N) is 1. The molecular weight excluding hydrogens is 434 g/mol. The Bertz CT molecular complexity index is 1210. The molecule has 3 aliphatic heterocycles. The van der Waals surface area contributed by atoms with Crippen molar-refractivity contribution in [2.75, 3.05) is 43.2 Å². The van der Waals surface area contributed by atoms with E-state index in [0.29, 0.717) is 49.9 Å². The monoisotopic (exact) mass is 460 g/mol. The van der Waals surface area contributed by atoms with Gasteiger partial charge >= 0.3 is 0 Å². The van der Waals surface area contributed by atoms with Crippen LogP contribution in [0.25, 0.3) is 0 Å². The number of ether oxygens (including phenoxy) is 1. The van der Waals surface area contributed by atoms with E-state index in [9.17, 15) is 9.59 Å². The van der Waals surface area contributed by atoms with Crippen molar-refractivity contribution >= 4 is 29.2 Å². The van der Waals surface area contributed by atoms with Gasteiger partial charge in [-0.15, -0.1) is 0 Å². The Kier molecular flexibility index (Phi) is 5.83. The number of primary amides is 1. The molecule has 174 valence electrons. The number of fused-ring (bicyclic) bond motifs is 1. The predicted molar refractivity (Wildman–Crippen MR) is 127 cm³/mol. The van der Waals surface area contributed by atoms with Crippen LogP contribution in [0.1, 0.15) is 26.3 Å². The molecule has 0 bridgehead atoms. The van der Waals surface area contributed by atoms with Crippen molar-refractivity contribution in [2.45, 2.75) is 6.92 Å². The van der Waals surface area contributed by atoms with Gasteiger partial charge in [0.15, 0.2) is 6.67 Å². The number of aromatic nitrogens is 1. The first-order valence-corrected chi connectivity index (χ1v) is 11.1. The number of amides is 2. The number of hydrogen-bond acceptors (Lipinski definition) is 7. The maximum absolute atomic E-state index is 12.7. The molecule has 1 aromatic heterocycles. The van der Waals surface area contributed by atoms with Gasteiger partial charge in [0.2, 0.25) is 5.91 Å². The number of amidine groups is 1. The number of anilines is 2. The number of aliphatic imine (C=N–C) groups is 1. The molecule has 0 radical (unpaired) electrons. The molecule has 34 heavy (non-hydrogen) atoms. The molecule has 2 amide bonds. The highest BCUT2D eigenvalue weighted by Crippen LogP contribution is 2.25. The summed E-state index contributed by atoms with van der Waals surface area (Å²) >= 11 is 0. The molecule has 1 saturated heterocycles. The molecule has 1 aromatic carbocycles. The lowest BCUT2D eigenvalue weighted by Gasteiger charge is -2.31. The number of benzene rings is 1. The minimum atomic E-state index is -0.453. The second-order valence-corrected chi connectivity index (χ2v) is 8.26. The summed E-state index contributed by atoms with van der Waals surface area (Å²) in [6, 6.07) is 9.08. The quantitative estimate of drug-likeness (QED) is 0.597. The summed E-state index contributed by atoms with van der Waals surface area (Å²) in [6.07, 6.45) is 7.29. The fraction of sp³-hybridized carbons (Fsp3) is 0.250. The van der Waals surface area contributed by atoms with Crippen LogP contribution in [0.2, 0.25) is 0 Å². The van der Waals surface area contributed by atoms with Gasteiger partial charge in [-0.25, -0.2) is 9.88 Å². The van der Waals surface area contributed by atoms with Crippen molar-refractivity contribution < 1.29 is 19.2 Å². The van der Waals surface area contributed by atoms with Crippen molar-refractivity contribution in [3.05, 3.63) is 77.5 Å². The third-order valence-corrected chi connectivity index (χ3v) is 6.12. The van der Waals surface area contributed by atoms with E-state index in [4.69, 9.17) is 10.5 Å². The summed E-state index contributed by atoms with van der Waals surface area (Å²) in [4.78, 5) is 38.4. The number of carbonyl (C=O) groups excluding carboxylic acids is 2. The summed E-state index contributed by atoms with van der Waals surface area (Å²) in [5, 5.41) is 3.33. The van der Waals surface area contributed by atoms with Gasteiger partial charge in [-0.2, -0.15) is 4.99 Å². The molecule has 0 aliphatic carbocycles. The summed E-state index contributed by atoms with van der Waals surface area (Å²) in [7, 11) is 0. The first kappa shape index (κ1) is 21.8. The van der Waals surface area contributed by atoms with Gasteiger partial charge in [-0.05, 0) is 36.8 Å². The zero-order valence-electron chi connectivity index (χ0n) is 18.8. The maximum Gasteiger partial charge on any atom is 0.257 e. The molecule has 2 aromatic rings. The molecule has 1 fully saturated rings. The number of pyridine rings is 1. The number of rotatable bonds is 5. The number of morpholine rings is 1. The summed E-state index contributed by atoms with van der Waals surface area (Å²) in [5.74, 6) is 0.943. The van der Waals surface area contributed by atoms with Crippen LogP contribution in [-0.4, -0.2) is 60.5 Å². The highest BCUT2D eigenvalue weighted by Gasteiger charge is 2.32. The molecule has 0 saturated carbocycles. The smallest absolute Gasteiger partial charge is 0.257 e. The molecular formula is C24H26N7O3+. The SMILES string of the molecule is Cc1c(C(N)=O)cccc1N1C=C(Nc2ccc(C(=O)N3CCOCC3)cn2)C2=NC=C[NH+]2C1. The summed E-state index contributed by atoms with van der Waals surface area (Å²) in [5.41, 5.74) is 9.06. The molecule has 5 rings (SSSR count). The summed E-state index contributed by atoms with van der Waals surface area (Å²) in [6.45, 7) is 4.79. The molecule has 4 heterocycles. The molecule has 1 atom stereocenters. The summed E-state index contributed by atoms with van der Waals surface area (Å²) < 4.78 is 5.32. The molecule has 10 nitrogen and oxygen atoms in total. The molecule has 1 unspecified atom stereocenters. The highest BCUT2D eigenvalue weighted by molar-refractivity contribution is 5.98. The lowest BCUT2D eigenvalue weighted by molar-refractivity contribution is -0.743. The van der Waals surface area contributed by atoms with Crippen molar-refractivity contribution in [2.24, 2.45) is 10.7 Å². The number of carbonyl (C=O) groups is 2. The van der Waals surface area contributed by atoms with Crippen LogP contribution in [0, 0.1) is 6.92 Å². The van der Waals surface area contributed by atoms with Gasteiger partial charge in [-0.3, -0.25) is 14.5 Å². The zero-order chi connectivity index (χ0) is 23.7. The average Bonchev–Trinajstić information content (AvgIpc) is 3.34. The molecule has 3 aliphatic rings. The van der Waals surface area contributed by atoms with E-state index in [2.05, 4.69) is 20.2 Å². The van der Waals surface area contributed by atoms with Crippen molar-refractivity contribution in [3.63, 3.8) is 0 Å². The minimum Gasteiger partial charge on any atom is -0.378 e. The lowest BCUT2D eigenvalue weighted by Crippen LogP contribution is -3.12. The van der Waals surface area contributed by atoms with Gasteiger partial charge in [0.05, 0.1) is 25.0 Å². The fourth-order valence-electron chi connectivity index (χ4n) is 4.31. The topological polar surface area (TPSA) is 118 Å². The standard InChI is InChI=1S/C24H25N7O3/c1-16-18(22(25)32)3-2-4-20(16)31-14-19(23-26-7-8-30(23)15-31)28-21-6-5-17(13-27-21)24(33)29-9-11-34-12-10-29/h2-8,13-14H,9-12,15H2,1H3,(H2,25,32)(H,27,28)/p+1. The van der Waals surface area contributed by atoms with Crippen LogP contribution >= 0.6 is 0 Å². The van der Waals surface area contributed by atoms with E-state index in [1.54, 1.807) is 35.5 Å². The van der Waals surface area contributed by atoms with Crippen LogP contribution in [0.15, 0.2) is 65.8 Å².